The number of aromatic amines is 1. The van der Waals surface area contributed by atoms with Crippen molar-refractivity contribution in [1.29, 1.82) is 0 Å². The number of anilines is 1. The highest BCUT2D eigenvalue weighted by Crippen LogP contribution is 2.07. The average molecular weight is 194 g/mol. The number of hydrogen-bond donors (Lipinski definition) is 3. The van der Waals surface area contributed by atoms with Gasteiger partial charge in [0.15, 0.2) is 0 Å². The summed E-state index contributed by atoms with van der Waals surface area (Å²) in [6, 6.07) is 0. The van der Waals surface area contributed by atoms with Gasteiger partial charge < -0.3 is 10.6 Å². The van der Waals surface area contributed by atoms with Crippen LogP contribution in [0, 0.1) is 6.92 Å². The van der Waals surface area contributed by atoms with E-state index >= 15 is 0 Å². The lowest BCUT2D eigenvalue weighted by Gasteiger charge is -2.03. The number of carbonyl (C=O) groups is 1. The van der Waals surface area contributed by atoms with Crippen molar-refractivity contribution in [2.75, 3.05) is 18.4 Å². The van der Waals surface area contributed by atoms with Gasteiger partial charge in [-0.25, -0.2) is 0 Å². The van der Waals surface area contributed by atoms with E-state index in [0.717, 1.165) is 5.56 Å². The molecule has 3 N–H and O–H groups in total. The van der Waals surface area contributed by atoms with Gasteiger partial charge in [-0.2, -0.15) is 5.10 Å². The fourth-order valence-corrected chi connectivity index (χ4v) is 0.944. The topological polar surface area (TPSA) is 69.8 Å². The Hall–Kier alpha value is -1.62. The second-order valence-electron chi connectivity index (χ2n) is 2.90. The Morgan fingerprint density at radius 1 is 1.79 bits per heavy atom. The molecular weight excluding hydrogens is 180 g/mol. The van der Waals surface area contributed by atoms with Crippen LogP contribution in [-0.2, 0) is 4.79 Å². The van der Waals surface area contributed by atoms with Crippen LogP contribution in [0.5, 0.6) is 0 Å². The number of rotatable bonds is 5. The molecule has 1 rings (SSSR count). The Balaban J connectivity index is 2.34. The van der Waals surface area contributed by atoms with E-state index in [1.54, 1.807) is 12.3 Å². The lowest BCUT2D eigenvalue weighted by molar-refractivity contribution is -0.115. The Morgan fingerprint density at radius 3 is 3.14 bits per heavy atom. The normalized spacial score (nSPS) is 9.79. The lowest BCUT2D eigenvalue weighted by Crippen LogP contribution is -2.28. The molecule has 1 amide bonds. The minimum Gasteiger partial charge on any atom is -0.310 e. The number of aryl methyl sites for hydroxylation is 1. The monoisotopic (exact) mass is 194 g/mol. The molecule has 0 unspecified atom stereocenters. The van der Waals surface area contributed by atoms with Crippen LogP contribution in [0.4, 0.5) is 5.82 Å². The third-order valence-electron chi connectivity index (χ3n) is 1.67. The molecule has 0 radical (unpaired) electrons. The Bertz CT molecular complexity index is 318. The van der Waals surface area contributed by atoms with Crippen molar-refractivity contribution in [3.63, 3.8) is 0 Å². The maximum Gasteiger partial charge on any atom is 0.239 e. The maximum absolute atomic E-state index is 11.3. The molecule has 0 saturated carbocycles. The number of carbonyl (C=O) groups excluding carboxylic acids is 1. The minimum absolute atomic E-state index is 0.0980. The predicted molar refractivity (Wildman–Crippen MR) is 55.0 cm³/mol. The van der Waals surface area contributed by atoms with Gasteiger partial charge in [-0.05, 0) is 6.92 Å². The van der Waals surface area contributed by atoms with Crippen LogP contribution in [-0.4, -0.2) is 29.2 Å². The third-order valence-corrected chi connectivity index (χ3v) is 1.67. The summed E-state index contributed by atoms with van der Waals surface area (Å²) in [5.41, 5.74) is 0.919. The summed E-state index contributed by atoms with van der Waals surface area (Å²) in [6.45, 7) is 6.30. The van der Waals surface area contributed by atoms with Crippen LogP contribution in [0.2, 0.25) is 0 Å². The molecule has 0 aliphatic rings. The lowest BCUT2D eigenvalue weighted by atomic mass is 10.4. The number of nitrogens with one attached hydrogen (secondary N) is 3. The molecule has 1 aromatic rings. The molecule has 0 fully saturated rings. The third kappa shape index (κ3) is 3.02. The molecule has 0 aliphatic heterocycles. The molecule has 76 valence electrons. The van der Waals surface area contributed by atoms with Crippen molar-refractivity contribution in [2.24, 2.45) is 0 Å². The summed E-state index contributed by atoms with van der Waals surface area (Å²) in [4.78, 5) is 11.3. The summed E-state index contributed by atoms with van der Waals surface area (Å²) >= 11 is 0. The zero-order valence-corrected chi connectivity index (χ0v) is 8.13. The Labute approximate surface area is 82.6 Å². The molecule has 5 heteroatoms. The molecule has 1 aromatic heterocycles. The fraction of sp³-hybridized carbons (Fsp3) is 0.333. The van der Waals surface area contributed by atoms with Gasteiger partial charge in [-0.1, -0.05) is 6.08 Å². The SMILES string of the molecule is C=CCNCC(=O)Nc1[nH]ncc1C. The largest absolute Gasteiger partial charge is 0.310 e. The second kappa shape index (κ2) is 5.18. The smallest absolute Gasteiger partial charge is 0.239 e. The van der Waals surface area contributed by atoms with Crippen LogP contribution >= 0.6 is 0 Å². The van der Waals surface area contributed by atoms with Crippen LogP contribution in [0.25, 0.3) is 0 Å². The standard InChI is InChI=1S/C9H14N4O/c1-3-4-10-6-8(14)12-9-7(2)5-11-13-9/h3,5,10H,1,4,6H2,2H3,(H2,11,12,13,14). The van der Waals surface area contributed by atoms with E-state index in [1.165, 1.54) is 0 Å². The average Bonchev–Trinajstić information content (AvgIpc) is 2.52. The van der Waals surface area contributed by atoms with Gasteiger partial charge in [0.05, 0.1) is 12.7 Å². The van der Waals surface area contributed by atoms with E-state index in [4.69, 9.17) is 0 Å². The van der Waals surface area contributed by atoms with Crippen LogP contribution in [0.1, 0.15) is 5.56 Å². The van der Waals surface area contributed by atoms with Crippen molar-refractivity contribution in [3.05, 3.63) is 24.4 Å². The van der Waals surface area contributed by atoms with E-state index in [1.807, 2.05) is 6.92 Å². The summed E-state index contributed by atoms with van der Waals surface area (Å²) in [6.07, 6.45) is 3.36. The number of amides is 1. The summed E-state index contributed by atoms with van der Waals surface area (Å²) < 4.78 is 0. The molecule has 0 aliphatic carbocycles. The van der Waals surface area contributed by atoms with E-state index in [0.29, 0.717) is 12.4 Å². The molecule has 0 spiro atoms. The first kappa shape index (κ1) is 10.5. The molecular formula is C9H14N4O. The molecule has 0 bridgehead atoms. The van der Waals surface area contributed by atoms with Crippen molar-refractivity contribution in [2.45, 2.75) is 6.92 Å². The van der Waals surface area contributed by atoms with Gasteiger partial charge in [0, 0.05) is 12.1 Å². The summed E-state index contributed by atoms with van der Waals surface area (Å²) in [7, 11) is 0. The van der Waals surface area contributed by atoms with Crippen LogP contribution in [0.3, 0.4) is 0 Å². The van der Waals surface area contributed by atoms with E-state index < -0.39 is 0 Å². The molecule has 0 saturated heterocycles. The predicted octanol–water partition coefficient (Wildman–Crippen LogP) is 0.432. The van der Waals surface area contributed by atoms with Gasteiger partial charge in [0.2, 0.25) is 5.91 Å². The summed E-state index contributed by atoms with van der Waals surface area (Å²) in [5.74, 6) is 0.551. The summed E-state index contributed by atoms with van der Waals surface area (Å²) in [5, 5.41) is 12.1. The zero-order valence-electron chi connectivity index (χ0n) is 8.13. The van der Waals surface area contributed by atoms with E-state index in [9.17, 15) is 4.79 Å². The van der Waals surface area contributed by atoms with Gasteiger partial charge in [0.25, 0.3) is 0 Å². The van der Waals surface area contributed by atoms with Crippen molar-refractivity contribution in [1.82, 2.24) is 15.5 Å². The first-order chi connectivity index (χ1) is 6.74. The first-order valence-electron chi connectivity index (χ1n) is 4.35. The van der Waals surface area contributed by atoms with Crippen molar-refractivity contribution in [3.8, 4) is 0 Å². The first-order valence-corrected chi connectivity index (χ1v) is 4.35. The molecule has 0 atom stereocenters. The minimum atomic E-state index is -0.0980. The van der Waals surface area contributed by atoms with Gasteiger partial charge in [-0.3, -0.25) is 9.89 Å². The van der Waals surface area contributed by atoms with Crippen LogP contribution < -0.4 is 10.6 Å². The molecule has 0 aromatic carbocycles. The second-order valence-corrected chi connectivity index (χ2v) is 2.90. The number of aromatic nitrogens is 2. The fourth-order valence-electron chi connectivity index (χ4n) is 0.944. The number of H-pyrrole nitrogens is 1. The highest BCUT2D eigenvalue weighted by molar-refractivity contribution is 5.91. The van der Waals surface area contributed by atoms with Crippen molar-refractivity contribution < 1.29 is 4.79 Å². The van der Waals surface area contributed by atoms with Crippen molar-refractivity contribution >= 4 is 11.7 Å². The Morgan fingerprint density at radius 2 is 2.57 bits per heavy atom. The van der Waals surface area contributed by atoms with Gasteiger partial charge >= 0.3 is 0 Å². The zero-order chi connectivity index (χ0) is 10.4. The number of hydrogen-bond acceptors (Lipinski definition) is 3. The van der Waals surface area contributed by atoms with E-state index in [2.05, 4.69) is 27.4 Å². The quantitative estimate of drug-likeness (QED) is 0.470. The molecule has 1 heterocycles. The molecule has 14 heavy (non-hydrogen) atoms. The van der Waals surface area contributed by atoms with Crippen LogP contribution in [0.15, 0.2) is 18.9 Å². The van der Waals surface area contributed by atoms with E-state index in [-0.39, 0.29) is 12.5 Å². The van der Waals surface area contributed by atoms with Gasteiger partial charge in [-0.15, -0.1) is 6.58 Å². The highest BCUT2D eigenvalue weighted by atomic mass is 16.2. The number of nitrogens with zero attached hydrogens (tertiary/aromatic N) is 1. The maximum atomic E-state index is 11.3. The highest BCUT2D eigenvalue weighted by Gasteiger charge is 2.04. The van der Waals surface area contributed by atoms with Gasteiger partial charge in [0.1, 0.15) is 5.82 Å². The molecule has 5 nitrogen and oxygen atoms in total. The Kier molecular flexibility index (Phi) is 3.87.